The number of para-hydroxylation sites is 2. The standard InChI is InChI=1S/C28H37N3O5/c1-34-24-11-7-6-10-23(24)29-27(32)20-36-25-13-12-22(18-26(25)35-2)28(33)31-16-14-30(15-17-31)19-21-8-4-3-5-9-21/h6-7,10-13,18,21H,3-5,8-9,14-17,19-20H2,1-2H3,(H,29,32). The number of rotatable bonds is 9. The lowest BCUT2D eigenvalue weighted by atomic mass is 9.89. The number of ether oxygens (including phenoxy) is 3. The largest absolute Gasteiger partial charge is 0.495 e. The fraction of sp³-hybridized carbons (Fsp3) is 0.500. The minimum Gasteiger partial charge on any atom is -0.495 e. The van der Waals surface area contributed by atoms with Crippen molar-refractivity contribution in [1.29, 1.82) is 0 Å². The minimum atomic E-state index is -0.326. The molecule has 0 bridgehead atoms. The first-order chi connectivity index (χ1) is 17.6. The van der Waals surface area contributed by atoms with E-state index in [1.165, 1.54) is 39.2 Å². The van der Waals surface area contributed by atoms with Gasteiger partial charge < -0.3 is 24.4 Å². The number of hydrogen-bond donors (Lipinski definition) is 1. The highest BCUT2D eigenvalue weighted by Crippen LogP contribution is 2.30. The predicted octanol–water partition coefficient (Wildman–Crippen LogP) is 4.06. The molecule has 194 valence electrons. The average molecular weight is 496 g/mol. The zero-order valence-electron chi connectivity index (χ0n) is 21.3. The molecule has 2 aliphatic rings. The number of carbonyl (C=O) groups is 2. The Morgan fingerprint density at radius 3 is 2.33 bits per heavy atom. The number of piperazine rings is 1. The first kappa shape index (κ1) is 25.8. The van der Waals surface area contributed by atoms with Crippen molar-refractivity contribution in [3.8, 4) is 17.2 Å². The van der Waals surface area contributed by atoms with Crippen LogP contribution in [0.2, 0.25) is 0 Å². The Balaban J connectivity index is 1.29. The van der Waals surface area contributed by atoms with Crippen LogP contribution >= 0.6 is 0 Å². The van der Waals surface area contributed by atoms with Crippen molar-refractivity contribution in [2.45, 2.75) is 32.1 Å². The van der Waals surface area contributed by atoms with Crippen LogP contribution in [0.1, 0.15) is 42.5 Å². The predicted molar refractivity (Wildman–Crippen MR) is 139 cm³/mol. The van der Waals surface area contributed by atoms with E-state index >= 15 is 0 Å². The Morgan fingerprint density at radius 1 is 0.889 bits per heavy atom. The van der Waals surface area contributed by atoms with Gasteiger partial charge in [-0.1, -0.05) is 31.4 Å². The first-order valence-electron chi connectivity index (χ1n) is 12.8. The quantitative estimate of drug-likeness (QED) is 0.565. The molecule has 0 aromatic heterocycles. The Hall–Kier alpha value is -3.26. The molecule has 0 radical (unpaired) electrons. The summed E-state index contributed by atoms with van der Waals surface area (Å²) in [6, 6.07) is 12.3. The second-order valence-electron chi connectivity index (χ2n) is 9.50. The molecule has 0 atom stereocenters. The summed E-state index contributed by atoms with van der Waals surface area (Å²) in [6.45, 7) is 4.26. The van der Waals surface area contributed by atoms with Gasteiger partial charge in [0.15, 0.2) is 18.1 Å². The maximum absolute atomic E-state index is 13.1. The molecular formula is C28H37N3O5. The molecule has 36 heavy (non-hydrogen) atoms. The second-order valence-corrected chi connectivity index (χ2v) is 9.50. The minimum absolute atomic E-state index is 0.00826. The molecule has 4 rings (SSSR count). The molecule has 1 heterocycles. The summed E-state index contributed by atoms with van der Waals surface area (Å²) >= 11 is 0. The van der Waals surface area contributed by atoms with E-state index in [2.05, 4.69) is 10.2 Å². The molecule has 0 unspecified atom stereocenters. The lowest BCUT2D eigenvalue weighted by molar-refractivity contribution is -0.118. The number of amides is 2. The lowest BCUT2D eigenvalue weighted by Gasteiger charge is -2.37. The van der Waals surface area contributed by atoms with E-state index in [1.54, 1.807) is 37.4 Å². The van der Waals surface area contributed by atoms with Crippen LogP contribution in [0, 0.1) is 5.92 Å². The number of nitrogens with one attached hydrogen (secondary N) is 1. The van der Waals surface area contributed by atoms with Gasteiger partial charge in [0.1, 0.15) is 5.75 Å². The number of nitrogens with zero attached hydrogens (tertiary/aromatic N) is 2. The summed E-state index contributed by atoms with van der Waals surface area (Å²) in [4.78, 5) is 29.9. The molecule has 0 spiro atoms. The summed E-state index contributed by atoms with van der Waals surface area (Å²) in [5, 5.41) is 2.78. The van der Waals surface area contributed by atoms with Gasteiger partial charge in [-0.3, -0.25) is 14.5 Å². The van der Waals surface area contributed by atoms with E-state index in [0.29, 0.717) is 28.5 Å². The maximum Gasteiger partial charge on any atom is 0.262 e. The highest BCUT2D eigenvalue weighted by atomic mass is 16.5. The van der Waals surface area contributed by atoms with Crippen molar-refractivity contribution in [2.75, 3.05) is 58.9 Å². The molecule has 2 amide bonds. The summed E-state index contributed by atoms with van der Waals surface area (Å²) in [7, 11) is 3.07. The summed E-state index contributed by atoms with van der Waals surface area (Å²) in [6.07, 6.45) is 6.78. The van der Waals surface area contributed by atoms with E-state index in [0.717, 1.165) is 38.6 Å². The molecule has 2 fully saturated rings. The third-order valence-electron chi connectivity index (χ3n) is 7.05. The van der Waals surface area contributed by atoms with Crippen molar-refractivity contribution in [3.63, 3.8) is 0 Å². The Bertz CT molecular complexity index is 1030. The Labute approximate surface area is 213 Å². The van der Waals surface area contributed by atoms with Gasteiger partial charge in [-0.25, -0.2) is 0 Å². The number of benzene rings is 2. The molecule has 1 aliphatic carbocycles. The Morgan fingerprint density at radius 2 is 1.61 bits per heavy atom. The number of methoxy groups -OCH3 is 2. The van der Waals surface area contributed by atoms with Gasteiger partial charge in [0, 0.05) is 38.3 Å². The molecule has 1 N–H and O–H groups in total. The van der Waals surface area contributed by atoms with Crippen LogP contribution in [0.4, 0.5) is 5.69 Å². The normalized spacial score (nSPS) is 16.9. The van der Waals surface area contributed by atoms with Gasteiger partial charge >= 0.3 is 0 Å². The van der Waals surface area contributed by atoms with Crippen LogP contribution in [0.25, 0.3) is 0 Å². The van der Waals surface area contributed by atoms with Gasteiger partial charge in [0.25, 0.3) is 11.8 Å². The van der Waals surface area contributed by atoms with Crippen LogP contribution in [0.5, 0.6) is 17.2 Å². The zero-order valence-corrected chi connectivity index (χ0v) is 21.3. The molecule has 1 aliphatic heterocycles. The first-order valence-corrected chi connectivity index (χ1v) is 12.8. The highest BCUT2D eigenvalue weighted by molar-refractivity contribution is 5.95. The van der Waals surface area contributed by atoms with Crippen molar-refractivity contribution >= 4 is 17.5 Å². The maximum atomic E-state index is 13.1. The van der Waals surface area contributed by atoms with Gasteiger partial charge in [-0.2, -0.15) is 0 Å². The van der Waals surface area contributed by atoms with Crippen molar-refractivity contribution < 1.29 is 23.8 Å². The number of anilines is 1. The molecule has 8 nitrogen and oxygen atoms in total. The van der Waals surface area contributed by atoms with E-state index < -0.39 is 0 Å². The van der Waals surface area contributed by atoms with Crippen LogP contribution in [0.15, 0.2) is 42.5 Å². The van der Waals surface area contributed by atoms with Crippen molar-refractivity contribution in [2.24, 2.45) is 5.92 Å². The van der Waals surface area contributed by atoms with Gasteiger partial charge in [0.2, 0.25) is 0 Å². The molecule has 1 saturated heterocycles. The van der Waals surface area contributed by atoms with Crippen LogP contribution in [-0.4, -0.2) is 75.2 Å². The third kappa shape index (κ3) is 6.69. The second kappa shape index (κ2) is 12.6. The zero-order chi connectivity index (χ0) is 25.3. The van der Waals surface area contributed by atoms with Crippen LogP contribution in [-0.2, 0) is 4.79 Å². The Kier molecular flexibility index (Phi) is 9.06. The van der Waals surface area contributed by atoms with Crippen molar-refractivity contribution in [1.82, 2.24) is 9.80 Å². The molecule has 8 heteroatoms. The fourth-order valence-electron chi connectivity index (χ4n) is 5.05. The van der Waals surface area contributed by atoms with Crippen LogP contribution < -0.4 is 19.5 Å². The summed E-state index contributed by atoms with van der Waals surface area (Å²) < 4.78 is 16.4. The monoisotopic (exact) mass is 495 g/mol. The van der Waals surface area contributed by atoms with E-state index in [-0.39, 0.29) is 18.4 Å². The third-order valence-corrected chi connectivity index (χ3v) is 7.05. The van der Waals surface area contributed by atoms with E-state index in [9.17, 15) is 9.59 Å². The molecule has 2 aromatic rings. The van der Waals surface area contributed by atoms with Crippen molar-refractivity contribution in [3.05, 3.63) is 48.0 Å². The van der Waals surface area contributed by atoms with Gasteiger partial charge in [-0.15, -0.1) is 0 Å². The number of hydrogen-bond acceptors (Lipinski definition) is 6. The van der Waals surface area contributed by atoms with Gasteiger partial charge in [0.05, 0.1) is 19.9 Å². The van der Waals surface area contributed by atoms with Crippen LogP contribution in [0.3, 0.4) is 0 Å². The molecular weight excluding hydrogens is 458 g/mol. The van der Waals surface area contributed by atoms with E-state index in [1.807, 2.05) is 17.0 Å². The number of carbonyl (C=O) groups excluding carboxylic acids is 2. The summed E-state index contributed by atoms with van der Waals surface area (Å²) in [5.74, 6) is 1.87. The fourth-order valence-corrected chi connectivity index (χ4v) is 5.05. The topological polar surface area (TPSA) is 80.3 Å². The van der Waals surface area contributed by atoms with Gasteiger partial charge in [-0.05, 0) is 49.1 Å². The molecule has 1 saturated carbocycles. The summed E-state index contributed by atoms with van der Waals surface area (Å²) in [5.41, 5.74) is 1.12. The smallest absolute Gasteiger partial charge is 0.262 e. The average Bonchev–Trinajstić information content (AvgIpc) is 2.92. The lowest BCUT2D eigenvalue weighted by Crippen LogP contribution is -2.49. The molecule has 2 aromatic carbocycles. The highest BCUT2D eigenvalue weighted by Gasteiger charge is 2.25. The van der Waals surface area contributed by atoms with E-state index in [4.69, 9.17) is 14.2 Å². The SMILES string of the molecule is COc1ccccc1NC(=O)COc1ccc(C(=O)N2CCN(CC3CCCCC3)CC2)cc1OC.